The molecule has 1 aliphatic rings. The highest BCUT2D eigenvalue weighted by atomic mass is 19.4. The summed E-state index contributed by atoms with van der Waals surface area (Å²) in [5, 5.41) is 3.04. The first-order valence-corrected chi connectivity index (χ1v) is 9.42. The molecule has 154 valence electrons. The van der Waals surface area contributed by atoms with Gasteiger partial charge in [-0.2, -0.15) is 13.2 Å². The lowest BCUT2D eigenvalue weighted by Crippen LogP contribution is -2.44. The lowest BCUT2D eigenvalue weighted by atomic mass is 10.1. The van der Waals surface area contributed by atoms with Crippen LogP contribution in [-0.2, 0) is 22.6 Å². The third kappa shape index (κ3) is 5.17. The second kappa shape index (κ2) is 9.13. The van der Waals surface area contributed by atoms with Crippen LogP contribution in [-0.4, -0.2) is 36.2 Å². The largest absolute Gasteiger partial charge is 0.463 e. The Morgan fingerprint density at radius 3 is 2.21 bits per heavy atom. The average Bonchev–Trinajstić information content (AvgIpc) is 3.07. The van der Waals surface area contributed by atoms with Crippen molar-refractivity contribution in [3.8, 4) is 0 Å². The van der Waals surface area contributed by atoms with Crippen LogP contribution in [0.1, 0.15) is 18.1 Å². The molecular formula is C22H23F3N2O2. The summed E-state index contributed by atoms with van der Waals surface area (Å²) in [4.78, 5) is 13.7. The molecule has 0 spiro atoms. The third-order valence-electron chi connectivity index (χ3n) is 4.71. The Labute approximate surface area is 168 Å². The minimum Gasteiger partial charge on any atom is -0.463 e. The van der Waals surface area contributed by atoms with Gasteiger partial charge in [-0.3, -0.25) is 4.90 Å². The number of rotatable bonds is 7. The van der Waals surface area contributed by atoms with Gasteiger partial charge >= 0.3 is 12.1 Å². The van der Waals surface area contributed by atoms with E-state index in [1.165, 1.54) is 4.90 Å². The van der Waals surface area contributed by atoms with Crippen molar-refractivity contribution in [1.29, 1.82) is 0 Å². The van der Waals surface area contributed by atoms with Crippen LogP contribution in [0.5, 0.6) is 0 Å². The molecule has 0 saturated carbocycles. The van der Waals surface area contributed by atoms with Gasteiger partial charge in [0.15, 0.2) is 0 Å². The number of ether oxygens (including phenoxy) is 1. The molecule has 1 atom stereocenters. The quantitative estimate of drug-likeness (QED) is 0.708. The Kier molecular flexibility index (Phi) is 6.59. The minimum absolute atomic E-state index is 0.0115. The minimum atomic E-state index is -4.60. The second-order valence-electron chi connectivity index (χ2n) is 6.79. The SMILES string of the molecule is CCOC(=O)C1=C(NCc2ccccc2)CN(Cc2ccccc2)C1C(F)(F)F. The van der Waals surface area contributed by atoms with Crippen LogP contribution in [0.4, 0.5) is 13.2 Å². The van der Waals surface area contributed by atoms with Crippen molar-refractivity contribution in [2.75, 3.05) is 13.2 Å². The Bertz CT molecular complexity index is 851. The average molecular weight is 404 g/mol. The first kappa shape index (κ1) is 20.9. The first-order chi connectivity index (χ1) is 13.9. The Hall–Kier alpha value is -2.80. The van der Waals surface area contributed by atoms with E-state index in [0.717, 1.165) is 11.1 Å². The number of benzene rings is 2. The molecular weight excluding hydrogens is 381 g/mol. The van der Waals surface area contributed by atoms with E-state index in [0.29, 0.717) is 6.54 Å². The van der Waals surface area contributed by atoms with E-state index in [1.54, 1.807) is 31.2 Å². The highest BCUT2D eigenvalue weighted by Gasteiger charge is 2.53. The molecule has 2 aromatic carbocycles. The van der Waals surface area contributed by atoms with E-state index in [9.17, 15) is 18.0 Å². The fourth-order valence-corrected chi connectivity index (χ4v) is 3.46. The van der Waals surface area contributed by atoms with Crippen molar-refractivity contribution >= 4 is 5.97 Å². The van der Waals surface area contributed by atoms with E-state index >= 15 is 0 Å². The predicted molar refractivity (Wildman–Crippen MR) is 104 cm³/mol. The van der Waals surface area contributed by atoms with E-state index in [4.69, 9.17) is 4.74 Å². The molecule has 0 radical (unpaired) electrons. The van der Waals surface area contributed by atoms with Crippen molar-refractivity contribution < 1.29 is 22.7 Å². The van der Waals surface area contributed by atoms with Crippen LogP contribution in [0.15, 0.2) is 71.9 Å². The maximum atomic E-state index is 14.0. The topological polar surface area (TPSA) is 41.6 Å². The number of nitrogens with one attached hydrogen (secondary N) is 1. The standard InChI is InChI=1S/C22H23F3N2O2/c1-2-29-21(28)19-18(26-13-16-9-5-3-6-10-16)15-27(20(19)22(23,24)25)14-17-11-7-4-8-12-17/h3-12,20,26H,2,13-15H2,1H3. The van der Waals surface area contributed by atoms with Gasteiger partial charge < -0.3 is 10.1 Å². The second-order valence-corrected chi connectivity index (χ2v) is 6.79. The van der Waals surface area contributed by atoms with Crippen molar-refractivity contribution in [2.24, 2.45) is 0 Å². The zero-order chi connectivity index (χ0) is 20.9. The Morgan fingerprint density at radius 1 is 1.07 bits per heavy atom. The molecule has 0 aromatic heterocycles. The highest BCUT2D eigenvalue weighted by Crippen LogP contribution is 2.37. The van der Waals surface area contributed by atoms with Crippen molar-refractivity contribution in [3.05, 3.63) is 83.1 Å². The summed E-state index contributed by atoms with van der Waals surface area (Å²) < 4.78 is 46.9. The van der Waals surface area contributed by atoms with E-state index in [2.05, 4.69) is 5.32 Å². The van der Waals surface area contributed by atoms with E-state index in [-0.39, 0.29) is 31.0 Å². The summed E-state index contributed by atoms with van der Waals surface area (Å²) >= 11 is 0. The summed E-state index contributed by atoms with van der Waals surface area (Å²) in [5.74, 6) is -0.930. The molecule has 0 fully saturated rings. The van der Waals surface area contributed by atoms with Gasteiger partial charge in [-0.15, -0.1) is 0 Å². The third-order valence-corrected chi connectivity index (χ3v) is 4.71. The molecule has 4 nitrogen and oxygen atoms in total. The number of esters is 1. The lowest BCUT2D eigenvalue weighted by molar-refractivity contribution is -0.175. The highest BCUT2D eigenvalue weighted by molar-refractivity contribution is 5.91. The Balaban J connectivity index is 1.90. The van der Waals surface area contributed by atoms with Gasteiger partial charge in [0.05, 0.1) is 12.2 Å². The summed E-state index contributed by atoms with van der Waals surface area (Å²) in [6.07, 6.45) is -4.60. The van der Waals surface area contributed by atoms with Crippen molar-refractivity contribution in [1.82, 2.24) is 10.2 Å². The molecule has 29 heavy (non-hydrogen) atoms. The molecule has 1 aliphatic heterocycles. The number of nitrogens with zero attached hydrogens (tertiary/aromatic N) is 1. The number of hydrogen-bond donors (Lipinski definition) is 1. The molecule has 1 heterocycles. The maximum Gasteiger partial charge on any atom is 0.408 e. The summed E-state index contributed by atoms with van der Waals surface area (Å²) in [7, 11) is 0. The van der Waals surface area contributed by atoms with Gasteiger partial charge in [0.25, 0.3) is 0 Å². The summed E-state index contributed by atoms with van der Waals surface area (Å²) in [6, 6.07) is 16.2. The van der Waals surface area contributed by atoms with Gasteiger partial charge in [0, 0.05) is 25.3 Å². The van der Waals surface area contributed by atoms with Crippen LogP contribution >= 0.6 is 0 Å². The first-order valence-electron chi connectivity index (χ1n) is 9.42. The van der Waals surface area contributed by atoms with Gasteiger partial charge in [0.2, 0.25) is 0 Å². The molecule has 0 amide bonds. The van der Waals surface area contributed by atoms with Crippen molar-refractivity contribution in [2.45, 2.75) is 32.2 Å². The van der Waals surface area contributed by atoms with Crippen LogP contribution in [0, 0.1) is 0 Å². The number of carbonyl (C=O) groups is 1. The van der Waals surface area contributed by atoms with Gasteiger partial charge in [-0.05, 0) is 18.1 Å². The van der Waals surface area contributed by atoms with Crippen molar-refractivity contribution in [3.63, 3.8) is 0 Å². The molecule has 1 unspecified atom stereocenters. The lowest BCUT2D eigenvalue weighted by Gasteiger charge is -2.28. The number of hydrogen-bond acceptors (Lipinski definition) is 4. The molecule has 0 aliphatic carbocycles. The van der Waals surface area contributed by atoms with Crippen LogP contribution < -0.4 is 5.32 Å². The molecule has 0 saturated heterocycles. The zero-order valence-electron chi connectivity index (χ0n) is 16.1. The van der Waals surface area contributed by atoms with Gasteiger partial charge in [-0.1, -0.05) is 60.7 Å². The number of carbonyl (C=O) groups excluding carboxylic acids is 1. The molecule has 3 rings (SSSR count). The van der Waals surface area contributed by atoms with Crippen LogP contribution in [0.2, 0.25) is 0 Å². The molecule has 1 N–H and O–H groups in total. The van der Waals surface area contributed by atoms with E-state index < -0.39 is 18.2 Å². The maximum absolute atomic E-state index is 14.0. The normalized spacial score (nSPS) is 17.4. The summed E-state index contributed by atoms with van der Waals surface area (Å²) in [5.41, 5.74) is 1.55. The fraction of sp³-hybridized carbons (Fsp3) is 0.318. The van der Waals surface area contributed by atoms with Crippen LogP contribution in [0.3, 0.4) is 0 Å². The number of alkyl halides is 3. The van der Waals surface area contributed by atoms with Gasteiger partial charge in [0.1, 0.15) is 6.04 Å². The van der Waals surface area contributed by atoms with Gasteiger partial charge in [-0.25, -0.2) is 4.79 Å². The van der Waals surface area contributed by atoms with Crippen LogP contribution in [0.25, 0.3) is 0 Å². The fourth-order valence-electron chi connectivity index (χ4n) is 3.46. The molecule has 0 bridgehead atoms. The van der Waals surface area contributed by atoms with E-state index in [1.807, 2.05) is 36.4 Å². The molecule has 2 aromatic rings. The predicted octanol–water partition coefficient (Wildman–Crippen LogP) is 4.04. The molecule has 7 heteroatoms. The monoisotopic (exact) mass is 404 g/mol. The summed E-state index contributed by atoms with van der Waals surface area (Å²) in [6.45, 7) is 1.97. The zero-order valence-corrected chi connectivity index (χ0v) is 16.1. The smallest absolute Gasteiger partial charge is 0.408 e. The number of halogens is 3. The Morgan fingerprint density at radius 2 is 1.66 bits per heavy atom.